The molecule has 0 aromatic carbocycles. The highest BCUT2D eigenvalue weighted by molar-refractivity contribution is 5.86. The summed E-state index contributed by atoms with van der Waals surface area (Å²) in [6.07, 6.45) is 10.3. The minimum absolute atomic E-state index is 0. The number of hydrogen-bond donors (Lipinski definition) is 1. The summed E-state index contributed by atoms with van der Waals surface area (Å²) in [4.78, 5) is 17.4. The molecule has 136 valence electrons. The molecule has 2 N–H and O–H groups in total. The van der Waals surface area contributed by atoms with Crippen molar-refractivity contribution >= 4 is 30.7 Å². The Balaban J connectivity index is 0.00000132. The average Bonchev–Trinajstić information content (AvgIpc) is 3.01. The van der Waals surface area contributed by atoms with Gasteiger partial charge in [0.1, 0.15) is 0 Å². The van der Waals surface area contributed by atoms with E-state index in [1.54, 1.807) is 0 Å². The average molecular weight is 366 g/mol. The van der Waals surface area contributed by atoms with Crippen LogP contribution in [0.4, 0.5) is 0 Å². The molecule has 3 rings (SSSR count). The van der Waals surface area contributed by atoms with E-state index in [9.17, 15) is 4.79 Å². The van der Waals surface area contributed by atoms with Crippen LogP contribution in [0, 0.1) is 5.92 Å². The molecule has 0 atom stereocenters. The Morgan fingerprint density at radius 1 is 0.913 bits per heavy atom. The number of amides is 1. The van der Waals surface area contributed by atoms with Crippen molar-refractivity contribution in [1.29, 1.82) is 0 Å². The Morgan fingerprint density at radius 2 is 1.48 bits per heavy atom. The summed E-state index contributed by atoms with van der Waals surface area (Å²) in [5.41, 5.74) is 5.86. The summed E-state index contributed by atoms with van der Waals surface area (Å²) >= 11 is 0. The Hall–Kier alpha value is -0.0300. The highest BCUT2D eigenvalue weighted by Crippen LogP contribution is 2.29. The molecule has 0 aromatic rings. The molecule has 0 unspecified atom stereocenters. The summed E-state index contributed by atoms with van der Waals surface area (Å²) < 4.78 is 0. The van der Waals surface area contributed by atoms with Gasteiger partial charge in [0, 0.05) is 19.6 Å². The van der Waals surface area contributed by atoms with Crippen LogP contribution < -0.4 is 5.73 Å². The second kappa shape index (κ2) is 9.45. The quantitative estimate of drug-likeness (QED) is 0.836. The third-order valence-corrected chi connectivity index (χ3v) is 5.79. The largest absolute Gasteiger partial charge is 0.341 e. The monoisotopic (exact) mass is 365 g/mol. The molecule has 4 nitrogen and oxygen atoms in total. The zero-order chi connectivity index (χ0) is 14.7. The molecule has 1 amide bonds. The second-order valence-corrected chi connectivity index (χ2v) is 7.46. The first kappa shape index (κ1) is 21.0. The van der Waals surface area contributed by atoms with E-state index >= 15 is 0 Å². The minimum atomic E-state index is -0.542. The smallest absolute Gasteiger partial charge is 0.242 e. The SMILES string of the molecule is Cl.Cl.NC1(C(=O)N2CCC(CN3CCCC3)CC2)CCCCC1. The van der Waals surface area contributed by atoms with Crippen molar-refractivity contribution in [2.75, 3.05) is 32.7 Å². The van der Waals surface area contributed by atoms with Crippen molar-refractivity contribution in [2.24, 2.45) is 11.7 Å². The van der Waals surface area contributed by atoms with Crippen molar-refractivity contribution in [3.8, 4) is 0 Å². The van der Waals surface area contributed by atoms with Gasteiger partial charge in [0.25, 0.3) is 0 Å². The molecule has 3 fully saturated rings. The van der Waals surface area contributed by atoms with Crippen molar-refractivity contribution in [2.45, 2.75) is 63.3 Å². The van der Waals surface area contributed by atoms with Crippen LogP contribution in [0.1, 0.15) is 57.8 Å². The molecule has 2 aliphatic heterocycles. The van der Waals surface area contributed by atoms with Crippen LogP contribution in [0.2, 0.25) is 0 Å². The fourth-order valence-corrected chi connectivity index (χ4v) is 4.36. The molecule has 23 heavy (non-hydrogen) atoms. The summed E-state index contributed by atoms with van der Waals surface area (Å²) in [6.45, 7) is 5.67. The third kappa shape index (κ3) is 5.22. The summed E-state index contributed by atoms with van der Waals surface area (Å²) in [7, 11) is 0. The van der Waals surface area contributed by atoms with E-state index < -0.39 is 5.54 Å². The van der Waals surface area contributed by atoms with Crippen LogP contribution in [-0.2, 0) is 4.79 Å². The van der Waals surface area contributed by atoms with Crippen molar-refractivity contribution in [3.63, 3.8) is 0 Å². The van der Waals surface area contributed by atoms with Gasteiger partial charge in [-0.15, -0.1) is 24.8 Å². The lowest BCUT2D eigenvalue weighted by Gasteiger charge is -2.40. The number of rotatable bonds is 3. The highest BCUT2D eigenvalue weighted by atomic mass is 35.5. The Kier molecular flexibility index (Phi) is 8.64. The van der Waals surface area contributed by atoms with Gasteiger partial charge in [-0.25, -0.2) is 0 Å². The van der Waals surface area contributed by atoms with Crippen LogP contribution >= 0.6 is 24.8 Å². The first-order valence-electron chi connectivity index (χ1n) is 8.98. The first-order chi connectivity index (χ1) is 10.2. The molecule has 6 heteroatoms. The van der Waals surface area contributed by atoms with Crippen LogP contribution in [-0.4, -0.2) is 54.0 Å². The van der Waals surface area contributed by atoms with E-state index in [2.05, 4.69) is 9.80 Å². The summed E-state index contributed by atoms with van der Waals surface area (Å²) in [6, 6.07) is 0. The minimum Gasteiger partial charge on any atom is -0.341 e. The maximum Gasteiger partial charge on any atom is 0.242 e. The Bertz CT molecular complexity index is 361. The molecule has 3 aliphatic rings. The van der Waals surface area contributed by atoms with E-state index in [0.29, 0.717) is 0 Å². The van der Waals surface area contributed by atoms with Crippen LogP contribution in [0.25, 0.3) is 0 Å². The molecule has 0 spiro atoms. The topological polar surface area (TPSA) is 49.6 Å². The lowest BCUT2D eigenvalue weighted by Crippen LogP contribution is -2.57. The normalized spacial score (nSPS) is 25.5. The lowest BCUT2D eigenvalue weighted by molar-refractivity contribution is -0.139. The molecule has 2 saturated heterocycles. The number of piperidine rings is 1. The van der Waals surface area contributed by atoms with Crippen molar-refractivity contribution in [3.05, 3.63) is 0 Å². The zero-order valence-electron chi connectivity index (χ0n) is 14.2. The molecule has 0 bridgehead atoms. The van der Waals surface area contributed by atoms with Gasteiger partial charge >= 0.3 is 0 Å². The van der Waals surface area contributed by atoms with Crippen molar-refractivity contribution in [1.82, 2.24) is 9.80 Å². The maximum absolute atomic E-state index is 12.7. The van der Waals surface area contributed by atoms with Gasteiger partial charge in [0.05, 0.1) is 5.54 Å². The van der Waals surface area contributed by atoms with Crippen LogP contribution in [0.15, 0.2) is 0 Å². The van der Waals surface area contributed by atoms with E-state index in [0.717, 1.165) is 44.7 Å². The maximum atomic E-state index is 12.7. The predicted molar refractivity (Wildman–Crippen MR) is 99.5 cm³/mol. The van der Waals surface area contributed by atoms with Gasteiger partial charge in [-0.1, -0.05) is 19.3 Å². The fourth-order valence-electron chi connectivity index (χ4n) is 4.36. The van der Waals surface area contributed by atoms with Gasteiger partial charge in [-0.2, -0.15) is 0 Å². The first-order valence-corrected chi connectivity index (χ1v) is 8.98. The van der Waals surface area contributed by atoms with Gasteiger partial charge in [-0.3, -0.25) is 4.79 Å². The Labute approximate surface area is 153 Å². The number of carbonyl (C=O) groups excluding carboxylic acids is 1. The standard InChI is InChI=1S/C17H31N3O.2ClH/c18-17(8-2-1-3-9-17)16(21)20-12-6-15(7-13-20)14-19-10-4-5-11-19;;/h15H,1-14,18H2;2*1H. The van der Waals surface area contributed by atoms with Gasteiger partial charge in [-0.05, 0) is 57.5 Å². The molecule has 0 radical (unpaired) electrons. The number of carbonyl (C=O) groups is 1. The van der Waals surface area contributed by atoms with Crippen LogP contribution in [0.5, 0.6) is 0 Å². The number of likely N-dealkylation sites (tertiary alicyclic amines) is 2. The third-order valence-electron chi connectivity index (χ3n) is 5.79. The van der Waals surface area contributed by atoms with E-state index in [1.165, 1.54) is 51.7 Å². The number of halogens is 2. The summed E-state index contributed by atoms with van der Waals surface area (Å²) in [5, 5.41) is 0. The van der Waals surface area contributed by atoms with Crippen molar-refractivity contribution < 1.29 is 4.79 Å². The lowest BCUT2D eigenvalue weighted by atomic mass is 9.81. The van der Waals surface area contributed by atoms with E-state index in [1.807, 2.05) is 0 Å². The van der Waals surface area contributed by atoms with Crippen LogP contribution in [0.3, 0.4) is 0 Å². The molecule has 2 heterocycles. The van der Waals surface area contributed by atoms with Gasteiger partial charge in [0.2, 0.25) is 5.91 Å². The molecular weight excluding hydrogens is 333 g/mol. The van der Waals surface area contributed by atoms with Gasteiger partial charge < -0.3 is 15.5 Å². The number of nitrogens with zero attached hydrogens (tertiary/aromatic N) is 2. The molecule has 1 aliphatic carbocycles. The second-order valence-electron chi connectivity index (χ2n) is 7.46. The zero-order valence-corrected chi connectivity index (χ0v) is 15.8. The fraction of sp³-hybridized carbons (Fsp3) is 0.941. The number of hydrogen-bond acceptors (Lipinski definition) is 3. The van der Waals surface area contributed by atoms with E-state index in [4.69, 9.17) is 5.73 Å². The molecule has 0 aromatic heterocycles. The highest BCUT2D eigenvalue weighted by Gasteiger charge is 2.39. The Morgan fingerprint density at radius 3 is 2.04 bits per heavy atom. The molecular formula is C17H33Cl2N3O. The van der Waals surface area contributed by atoms with E-state index in [-0.39, 0.29) is 30.7 Å². The summed E-state index contributed by atoms with van der Waals surface area (Å²) in [5.74, 6) is 1.02. The van der Waals surface area contributed by atoms with Gasteiger partial charge in [0.15, 0.2) is 0 Å². The molecule has 1 saturated carbocycles. The number of nitrogens with two attached hydrogens (primary N) is 1. The predicted octanol–water partition coefficient (Wildman–Crippen LogP) is 2.83.